The van der Waals surface area contributed by atoms with Crippen molar-refractivity contribution in [2.24, 2.45) is 5.92 Å². The van der Waals surface area contributed by atoms with Gasteiger partial charge in [0.1, 0.15) is 5.82 Å². The minimum atomic E-state index is -0.857. The fourth-order valence-corrected chi connectivity index (χ4v) is 4.78. The molecule has 10 heteroatoms. The second-order valence-corrected chi connectivity index (χ2v) is 9.89. The van der Waals surface area contributed by atoms with E-state index in [-0.39, 0.29) is 5.56 Å². The van der Waals surface area contributed by atoms with Crippen LogP contribution in [0.1, 0.15) is 18.4 Å². The Bertz CT molecular complexity index is 1500. The molecule has 3 aromatic heterocycles. The quantitative estimate of drug-likeness (QED) is 0.354. The number of nitrogens with zero attached hydrogens (tertiary/aromatic N) is 5. The van der Waals surface area contributed by atoms with Gasteiger partial charge >= 0.3 is 6.09 Å². The number of imidazole rings is 1. The third-order valence-corrected chi connectivity index (χ3v) is 7.08. The molecule has 3 N–H and O–H groups in total. The summed E-state index contributed by atoms with van der Waals surface area (Å²) < 4.78 is 1.80. The molecule has 2 fully saturated rings. The van der Waals surface area contributed by atoms with Gasteiger partial charge in [0, 0.05) is 57.7 Å². The molecule has 0 atom stereocenters. The van der Waals surface area contributed by atoms with Gasteiger partial charge in [-0.15, -0.1) is 0 Å². The van der Waals surface area contributed by atoms with E-state index < -0.39 is 6.09 Å². The number of pyridine rings is 2. The van der Waals surface area contributed by atoms with Crippen LogP contribution in [0.15, 0.2) is 59.7 Å². The number of nitrogens with one attached hydrogen (secondary N) is 2. The number of H-pyrrole nitrogens is 1. The van der Waals surface area contributed by atoms with Gasteiger partial charge in [-0.2, -0.15) is 0 Å². The number of aromatic nitrogens is 4. The third-order valence-electron chi connectivity index (χ3n) is 7.08. The molecule has 0 spiro atoms. The fraction of sp³-hybridized carbons (Fsp3) is 0.333. The first-order valence-electron chi connectivity index (χ1n) is 12.6. The van der Waals surface area contributed by atoms with Gasteiger partial charge in [-0.1, -0.05) is 6.07 Å². The molecule has 2 aliphatic rings. The summed E-state index contributed by atoms with van der Waals surface area (Å²) in [6.45, 7) is 3.99. The smallest absolute Gasteiger partial charge is 0.407 e. The molecule has 1 saturated heterocycles. The molecule has 1 saturated carbocycles. The lowest BCUT2D eigenvalue weighted by Crippen LogP contribution is -2.47. The summed E-state index contributed by atoms with van der Waals surface area (Å²) >= 11 is 0. The summed E-state index contributed by atoms with van der Waals surface area (Å²) in [5.41, 5.74) is 4.67. The molecule has 190 valence electrons. The van der Waals surface area contributed by atoms with E-state index in [0.29, 0.717) is 43.9 Å². The van der Waals surface area contributed by atoms with E-state index in [1.807, 2.05) is 42.6 Å². The summed E-state index contributed by atoms with van der Waals surface area (Å²) in [6.07, 6.45) is 5.23. The second-order valence-electron chi connectivity index (χ2n) is 9.89. The first-order valence-corrected chi connectivity index (χ1v) is 12.6. The Kier molecular flexibility index (Phi) is 6.09. The van der Waals surface area contributed by atoms with Crippen molar-refractivity contribution < 1.29 is 9.90 Å². The minimum absolute atomic E-state index is 0.0335. The van der Waals surface area contributed by atoms with Gasteiger partial charge < -0.3 is 24.9 Å². The number of piperazine rings is 1. The third kappa shape index (κ3) is 5.34. The van der Waals surface area contributed by atoms with Crippen LogP contribution in [0.4, 0.5) is 16.6 Å². The molecule has 1 aromatic carbocycles. The Balaban J connectivity index is 1.14. The van der Waals surface area contributed by atoms with Crippen LogP contribution < -0.4 is 10.9 Å². The molecule has 6 rings (SSSR count). The van der Waals surface area contributed by atoms with Crippen LogP contribution in [0, 0.1) is 5.92 Å². The highest BCUT2D eigenvalue weighted by molar-refractivity contribution is 5.83. The molecule has 1 amide bonds. The Morgan fingerprint density at radius 1 is 1.05 bits per heavy atom. The van der Waals surface area contributed by atoms with E-state index in [4.69, 9.17) is 5.11 Å². The number of amides is 1. The molecule has 10 nitrogen and oxygen atoms in total. The van der Waals surface area contributed by atoms with Gasteiger partial charge in [0.05, 0.1) is 11.0 Å². The molecule has 0 radical (unpaired) electrons. The predicted octanol–water partition coefficient (Wildman–Crippen LogP) is 3.74. The van der Waals surface area contributed by atoms with Crippen molar-refractivity contribution in [3.05, 3.63) is 70.8 Å². The van der Waals surface area contributed by atoms with Crippen molar-refractivity contribution in [1.82, 2.24) is 29.3 Å². The number of fused-ring (bicyclic) bond motifs is 1. The summed E-state index contributed by atoms with van der Waals surface area (Å²) in [5, 5.41) is 12.4. The Labute approximate surface area is 213 Å². The molecule has 1 aliphatic carbocycles. The lowest BCUT2D eigenvalue weighted by atomic mass is 10.1. The number of carbonyl (C=O) groups is 1. The molecule has 37 heavy (non-hydrogen) atoms. The number of hydrogen-bond acceptors (Lipinski definition) is 6. The molecule has 0 bridgehead atoms. The zero-order valence-corrected chi connectivity index (χ0v) is 20.4. The van der Waals surface area contributed by atoms with Crippen LogP contribution in [-0.2, 0) is 13.1 Å². The molecular formula is C27H29N7O3. The first kappa shape index (κ1) is 23.2. The van der Waals surface area contributed by atoms with Crippen LogP contribution in [0.25, 0.3) is 22.2 Å². The van der Waals surface area contributed by atoms with Crippen molar-refractivity contribution in [2.45, 2.75) is 25.9 Å². The molecule has 4 aromatic rings. The molecule has 1 aliphatic heterocycles. The van der Waals surface area contributed by atoms with E-state index in [0.717, 1.165) is 40.8 Å². The van der Waals surface area contributed by atoms with Gasteiger partial charge in [0.25, 0.3) is 5.56 Å². The highest BCUT2D eigenvalue weighted by Crippen LogP contribution is 2.30. The summed E-state index contributed by atoms with van der Waals surface area (Å²) in [6, 6.07) is 13.6. The monoisotopic (exact) mass is 499 g/mol. The van der Waals surface area contributed by atoms with Crippen LogP contribution in [0.3, 0.4) is 0 Å². The number of rotatable bonds is 7. The maximum absolute atomic E-state index is 12.5. The average Bonchev–Trinajstić information content (AvgIpc) is 3.62. The molecule has 4 heterocycles. The predicted molar refractivity (Wildman–Crippen MR) is 141 cm³/mol. The second kappa shape index (κ2) is 9.70. The standard InChI is InChI=1S/C27H29N7O3/c35-25-15-21(6-8-34(25)17-18-1-2-18)20-3-4-22-23(14-20)30-26(29-22)31-24-13-19(5-7-28-24)16-32-9-11-33(12-10-32)27(36)37/h3-8,13-15,18H,1-2,9-12,16-17H2,(H,36,37)(H2,28,29,30,31). The zero-order chi connectivity index (χ0) is 25.4. The number of benzene rings is 1. The zero-order valence-electron chi connectivity index (χ0n) is 20.4. The van der Waals surface area contributed by atoms with Crippen molar-refractivity contribution in [2.75, 3.05) is 31.5 Å². The Morgan fingerprint density at radius 3 is 2.62 bits per heavy atom. The van der Waals surface area contributed by atoms with E-state index in [9.17, 15) is 9.59 Å². The number of anilines is 2. The first-order chi connectivity index (χ1) is 18.0. The fourth-order valence-electron chi connectivity index (χ4n) is 4.78. The highest BCUT2D eigenvalue weighted by Gasteiger charge is 2.22. The van der Waals surface area contributed by atoms with Crippen molar-refractivity contribution in [3.63, 3.8) is 0 Å². The van der Waals surface area contributed by atoms with Gasteiger partial charge in [-0.05, 0) is 65.8 Å². The van der Waals surface area contributed by atoms with Gasteiger partial charge in [-0.3, -0.25) is 9.69 Å². The normalized spacial score (nSPS) is 16.3. The van der Waals surface area contributed by atoms with Crippen molar-refractivity contribution in [3.8, 4) is 11.1 Å². The number of aromatic amines is 1. The van der Waals surface area contributed by atoms with E-state index >= 15 is 0 Å². The largest absolute Gasteiger partial charge is 0.465 e. The van der Waals surface area contributed by atoms with E-state index in [1.54, 1.807) is 16.8 Å². The van der Waals surface area contributed by atoms with Crippen molar-refractivity contribution in [1.29, 1.82) is 0 Å². The lowest BCUT2D eigenvalue weighted by Gasteiger charge is -2.33. The van der Waals surface area contributed by atoms with Crippen LogP contribution in [0.5, 0.6) is 0 Å². The van der Waals surface area contributed by atoms with Gasteiger partial charge in [0.15, 0.2) is 0 Å². The summed E-state index contributed by atoms with van der Waals surface area (Å²) in [5.74, 6) is 1.92. The van der Waals surface area contributed by atoms with Gasteiger partial charge in [-0.25, -0.2) is 14.8 Å². The van der Waals surface area contributed by atoms with E-state index in [2.05, 4.69) is 25.2 Å². The topological polar surface area (TPSA) is 119 Å². The summed E-state index contributed by atoms with van der Waals surface area (Å²) in [7, 11) is 0. The van der Waals surface area contributed by atoms with Crippen LogP contribution in [0.2, 0.25) is 0 Å². The lowest BCUT2D eigenvalue weighted by molar-refractivity contribution is 0.103. The summed E-state index contributed by atoms with van der Waals surface area (Å²) in [4.78, 5) is 39.7. The minimum Gasteiger partial charge on any atom is -0.465 e. The Morgan fingerprint density at radius 2 is 1.86 bits per heavy atom. The van der Waals surface area contributed by atoms with Crippen LogP contribution in [-0.4, -0.2) is 66.7 Å². The van der Waals surface area contributed by atoms with Crippen LogP contribution >= 0.6 is 0 Å². The number of hydrogen-bond donors (Lipinski definition) is 3. The molecule has 0 unspecified atom stereocenters. The Hall–Kier alpha value is -4.18. The average molecular weight is 500 g/mol. The number of carboxylic acid groups (broad SMARTS) is 1. The highest BCUT2D eigenvalue weighted by atomic mass is 16.4. The molecular weight excluding hydrogens is 470 g/mol. The maximum atomic E-state index is 12.5. The van der Waals surface area contributed by atoms with Gasteiger partial charge in [0.2, 0.25) is 5.95 Å². The maximum Gasteiger partial charge on any atom is 0.407 e. The van der Waals surface area contributed by atoms with E-state index in [1.165, 1.54) is 17.7 Å². The SMILES string of the molecule is O=C(O)N1CCN(Cc2ccnc(Nc3nc4ccc(-c5ccn(CC6CC6)c(=O)c5)cc4[nH]3)c2)CC1. The van der Waals surface area contributed by atoms with Crippen molar-refractivity contribution >= 4 is 28.9 Å².